The van der Waals surface area contributed by atoms with Gasteiger partial charge in [0.15, 0.2) is 9.84 Å². The number of rotatable bonds is 6. The predicted octanol–water partition coefficient (Wildman–Crippen LogP) is 3.40. The molecule has 1 saturated heterocycles. The van der Waals surface area contributed by atoms with E-state index in [-0.39, 0.29) is 49.2 Å². The molecule has 12 heteroatoms. The topological polar surface area (TPSA) is 92.8 Å². The Hall–Kier alpha value is -1.63. The lowest BCUT2D eigenvalue weighted by molar-refractivity contribution is 0.0721. The number of hydrogen-bond donors (Lipinski definition) is 1. The molecule has 186 valence electrons. The quantitative estimate of drug-likeness (QED) is 0.613. The van der Waals surface area contributed by atoms with Crippen LogP contribution in [0.4, 0.5) is 8.78 Å². The molecule has 0 bridgehead atoms. The number of benzene rings is 2. The molecule has 2 fully saturated rings. The second-order valence-electron chi connectivity index (χ2n) is 8.48. The summed E-state index contributed by atoms with van der Waals surface area (Å²) in [5, 5.41) is 0.339. The fourth-order valence-corrected chi connectivity index (χ4v) is 8.37. The van der Waals surface area contributed by atoms with Gasteiger partial charge in [0.05, 0.1) is 18.1 Å². The molecule has 0 aromatic heterocycles. The molecule has 0 spiro atoms. The molecule has 2 aromatic carbocycles. The summed E-state index contributed by atoms with van der Waals surface area (Å²) in [5.41, 5.74) is -0.253. The molecule has 1 heterocycles. The molecule has 1 aliphatic carbocycles. The monoisotopic (exact) mass is 534 g/mol. The van der Waals surface area contributed by atoms with Gasteiger partial charge in [-0.2, -0.15) is 17.4 Å². The van der Waals surface area contributed by atoms with Gasteiger partial charge < -0.3 is 4.74 Å². The average Bonchev–Trinajstić information content (AvgIpc) is 2.82. The normalized spacial score (nSPS) is 24.7. The van der Waals surface area contributed by atoms with E-state index >= 15 is 0 Å². The van der Waals surface area contributed by atoms with Crippen molar-refractivity contribution in [1.82, 2.24) is 9.03 Å². The van der Waals surface area contributed by atoms with Gasteiger partial charge in [0.1, 0.15) is 16.4 Å². The molecule has 2 aliphatic rings. The average molecular weight is 535 g/mol. The fourth-order valence-electron chi connectivity index (χ4n) is 4.64. The van der Waals surface area contributed by atoms with Gasteiger partial charge in [-0.15, -0.1) is 0 Å². The minimum absolute atomic E-state index is 0.0621. The summed E-state index contributed by atoms with van der Waals surface area (Å²) >= 11 is 5.91. The molecule has 0 radical (unpaired) electrons. The van der Waals surface area contributed by atoms with Crippen molar-refractivity contribution in [2.24, 2.45) is 0 Å². The van der Waals surface area contributed by atoms with Crippen LogP contribution in [0.3, 0.4) is 0 Å². The third-order valence-electron chi connectivity index (χ3n) is 6.48. The molecular formula is C22H25ClF2N2O5S2. The van der Waals surface area contributed by atoms with E-state index in [1.165, 1.54) is 28.6 Å². The molecule has 0 amide bonds. The van der Waals surface area contributed by atoms with E-state index in [0.29, 0.717) is 18.2 Å². The summed E-state index contributed by atoms with van der Waals surface area (Å²) in [5.74, 6) is -1.58. The van der Waals surface area contributed by atoms with Gasteiger partial charge in [-0.3, -0.25) is 0 Å². The highest BCUT2D eigenvalue weighted by molar-refractivity contribution is 7.92. The number of ether oxygens (including phenoxy) is 1. The maximum Gasteiger partial charge on any atom is 0.279 e. The van der Waals surface area contributed by atoms with Crippen molar-refractivity contribution in [2.45, 2.75) is 41.4 Å². The number of morpholine rings is 1. The minimum Gasteiger partial charge on any atom is -0.379 e. The highest BCUT2D eigenvalue weighted by atomic mass is 35.5. The minimum atomic E-state index is -4.19. The van der Waals surface area contributed by atoms with Gasteiger partial charge in [-0.25, -0.2) is 17.2 Å². The molecule has 2 aromatic rings. The Morgan fingerprint density at radius 1 is 0.971 bits per heavy atom. The Labute approximate surface area is 203 Å². The van der Waals surface area contributed by atoms with Crippen molar-refractivity contribution in [3.05, 3.63) is 64.7 Å². The lowest BCUT2D eigenvalue weighted by atomic mass is 9.80. The molecule has 7 nitrogen and oxygen atoms in total. The van der Waals surface area contributed by atoms with Crippen molar-refractivity contribution < 1.29 is 30.4 Å². The van der Waals surface area contributed by atoms with Crippen molar-refractivity contribution in [2.75, 3.05) is 26.3 Å². The van der Waals surface area contributed by atoms with Gasteiger partial charge in [0.2, 0.25) is 0 Å². The molecule has 1 saturated carbocycles. The Balaban J connectivity index is 1.66. The Kier molecular flexibility index (Phi) is 7.33. The van der Waals surface area contributed by atoms with Crippen LogP contribution in [0, 0.1) is 11.6 Å². The SMILES string of the molecule is O=S(=O)(NC1CCC(c2cc(F)ccc2F)(S(=O)(=O)c2ccc(Cl)cc2)CC1)N1CCOCC1. The van der Waals surface area contributed by atoms with Crippen molar-refractivity contribution in [3.8, 4) is 0 Å². The van der Waals surface area contributed by atoms with E-state index in [1.807, 2.05) is 0 Å². The molecular weight excluding hydrogens is 510 g/mol. The van der Waals surface area contributed by atoms with Crippen LogP contribution < -0.4 is 4.72 Å². The molecule has 4 rings (SSSR count). The predicted molar refractivity (Wildman–Crippen MR) is 123 cm³/mol. The van der Waals surface area contributed by atoms with Crippen LogP contribution in [0.15, 0.2) is 47.4 Å². The first-order valence-electron chi connectivity index (χ1n) is 10.9. The van der Waals surface area contributed by atoms with Crippen molar-refractivity contribution >= 4 is 31.6 Å². The summed E-state index contributed by atoms with van der Waals surface area (Å²) < 4.78 is 89.6. The standard InChI is InChI=1S/C22H25ClF2N2O5S2/c23-16-1-4-19(5-2-16)33(28,29)22(20-15-17(24)3-6-21(20)25)9-7-18(8-10-22)26-34(30,31)27-11-13-32-14-12-27/h1-6,15,18,26H,7-14H2. The van der Waals surface area contributed by atoms with Gasteiger partial charge in [0, 0.05) is 29.7 Å². The number of sulfone groups is 1. The summed E-state index contributed by atoms with van der Waals surface area (Å²) in [6, 6.07) is 7.74. The summed E-state index contributed by atoms with van der Waals surface area (Å²) in [6.07, 6.45) is 0.0853. The van der Waals surface area contributed by atoms with E-state index in [0.717, 1.165) is 18.2 Å². The second kappa shape index (κ2) is 9.79. The van der Waals surface area contributed by atoms with Gasteiger partial charge >= 0.3 is 0 Å². The molecule has 1 aliphatic heterocycles. The lowest BCUT2D eigenvalue weighted by Crippen LogP contribution is -2.52. The second-order valence-corrected chi connectivity index (χ2v) is 12.9. The summed E-state index contributed by atoms with van der Waals surface area (Å²) in [6.45, 7) is 1.05. The number of hydrogen-bond acceptors (Lipinski definition) is 5. The van der Waals surface area contributed by atoms with E-state index in [9.17, 15) is 25.6 Å². The highest BCUT2D eigenvalue weighted by Gasteiger charge is 2.50. The maximum atomic E-state index is 14.9. The van der Waals surface area contributed by atoms with Gasteiger partial charge in [0.25, 0.3) is 10.2 Å². The zero-order valence-corrected chi connectivity index (χ0v) is 20.6. The third kappa shape index (κ3) is 4.87. The summed E-state index contributed by atoms with van der Waals surface area (Å²) in [4.78, 5) is -0.0621. The molecule has 34 heavy (non-hydrogen) atoms. The zero-order valence-electron chi connectivity index (χ0n) is 18.2. The van der Waals surface area contributed by atoms with Crippen LogP contribution in [0.25, 0.3) is 0 Å². The highest BCUT2D eigenvalue weighted by Crippen LogP contribution is 2.48. The van der Waals surface area contributed by atoms with Crippen LogP contribution in [0.1, 0.15) is 31.2 Å². The fraction of sp³-hybridized carbons (Fsp3) is 0.455. The van der Waals surface area contributed by atoms with Crippen molar-refractivity contribution in [3.63, 3.8) is 0 Å². The molecule has 0 unspecified atom stereocenters. The van der Waals surface area contributed by atoms with E-state index in [4.69, 9.17) is 16.3 Å². The first kappa shape index (κ1) is 25.5. The third-order valence-corrected chi connectivity index (χ3v) is 11.0. The zero-order chi connectivity index (χ0) is 24.6. The maximum absolute atomic E-state index is 14.9. The van der Waals surface area contributed by atoms with Crippen LogP contribution in [-0.4, -0.2) is 53.5 Å². The molecule has 0 atom stereocenters. The Bertz CT molecular complexity index is 1240. The largest absolute Gasteiger partial charge is 0.379 e. The van der Waals surface area contributed by atoms with E-state index < -0.39 is 42.5 Å². The van der Waals surface area contributed by atoms with E-state index in [2.05, 4.69) is 4.72 Å². The number of nitrogens with one attached hydrogen (secondary N) is 1. The van der Waals surface area contributed by atoms with E-state index in [1.54, 1.807) is 0 Å². The van der Waals surface area contributed by atoms with Crippen molar-refractivity contribution in [1.29, 1.82) is 0 Å². The van der Waals surface area contributed by atoms with Gasteiger partial charge in [-0.1, -0.05) is 11.6 Å². The summed E-state index contributed by atoms with van der Waals surface area (Å²) in [7, 11) is -7.98. The first-order valence-corrected chi connectivity index (χ1v) is 14.2. The Morgan fingerprint density at radius 2 is 1.59 bits per heavy atom. The van der Waals surface area contributed by atoms with Gasteiger partial charge in [-0.05, 0) is 68.1 Å². The Morgan fingerprint density at radius 3 is 2.21 bits per heavy atom. The first-order chi connectivity index (χ1) is 16.0. The number of nitrogens with zero attached hydrogens (tertiary/aromatic N) is 1. The lowest BCUT2D eigenvalue weighted by Gasteiger charge is -2.40. The van der Waals surface area contributed by atoms with Crippen LogP contribution in [-0.2, 0) is 29.5 Å². The van der Waals surface area contributed by atoms with Crippen LogP contribution in [0.5, 0.6) is 0 Å². The van der Waals surface area contributed by atoms with Crippen LogP contribution in [0.2, 0.25) is 5.02 Å². The smallest absolute Gasteiger partial charge is 0.279 e. The molecule has 1 N–H and O–H groups in total. The van der Waals surface area contributed by atoms with Crippen LogP contribution >= 0.6 is 11.6 Å². The number of halogens is 3.